The second-order valence-electron chi connectivity index (χ2n) is 3.91. The third-order valence-corrected chi connectivity index (χ3v) is 2.72. The SMILES string of the molecule is c1ccc(Cc2ccc3cccc-3o2)cc1. The van der Waals surface area contributed by atoms with Crippen molar-refractivity contribution in [1.82, 2.24) is 0 Å². The standard InChI is InChI=1S/C15H12O/c1-2-5-12(6-3-1)11-14-10-9-13-7-4-8-15(13)16-14/h1-10H,11H2. The summed E-state index contributed by atoms with van der Waals surface area (Å²) in [5.74, 6) is 1.97. The fourth-order valence-electron chi connectivity index (χ4n) is 1.90. The largest absolute Gasteiger partial charge is 0.461 e. The first-order valence-electron chi connectivity index (χ1n) is 5.43. The zero-order chi connectivity index (χ0) is 10.8. The van der Waals surface area contributed by atoms with E-state index in [-0.39, 0.29) is 0 Å². The van der Waals surface area contributed by atoms with Crippen molar-refractivity contribution in [2.75, 3.05) is 0 Å². The summed E-state index contributed by atoms with van der Waals surface area (Å²) < 4.78 is 5.81. The first-order chi connectivity index (χ1) is 7.92. The summed E-state index contributed by atoms with van der Waals surface area (Å²) in [4.78, 5) is 0. The van der Waals surface area contributed by atoms with Gasteiger partial charge in [0.05, 0.1) is 0 Å². The minimum absolute atomic E-state index is 0.849. The number of rotatable bonds is 2. The zero-order valence-corrected chi connectivity index (χ0v) is 8.89. The van der Waals surface area contributed by atoms with Crippen molar-refractivity contribution in [3.05, 3.63) is 72.0 Å². The Balaban J connectivity index is 1.93. The highest BCUT2D eigenvalue weighted by molar-refractivity contribution is 5.60. The monoisotopic (exact) mass is 208 g/mol. The van der Waals surface area contributed by atoms with Gasteiger partial charge in [-0.15, -0.1) is 0 Å². The topological polar surface area (TPSA) is 13.1 Å². The first-order valence-corrected chi connectivity index (χ1v) is 5.43. The highest BCUT2D eigenvalue weighted by atomic mass is 16.3. The molecule has 1 aromatic rings. The van der Waals surface area contributed by atoms with Crippen molar-refractivity contribution in [2.24, 2.45) is 0 Å². The van der Waals surface area contributed by atoms with Crippen LogP contribution in [0.15, 0.2) is 65.1 Å². The summed E-state index contributed by atoms with van der Waals surface area (Å²) in [6, 6.07) is 20.6. The molecule has 0 saturated carbocycles. The molecule has 0 radical (unpaired) electrons. The number of fused-ring (bicyclic) bond motifs is 1. The van der Waals surface area contributed by atoms with E-state index in [1.165, 1.54) is 5.56 Å². The van der Waals surface area contributed by atoms with Gasteiger partial charge in [0.25, 0.3) is 0 Å². The van der Waals surface area contributed by atoms with Crippen molar-refractivity contribution in [2.45, 2.75) is 6.42 Å². The number of benzene rings is 1. The van der Waals surface area contributed by atoms with Crippen molar-refractivity contribution in [3.8, 4) is 11.3 Å². The van der Waals surface area contributed by atoms with Crippen LogP contribution < -0.4 is 0 Å². The fourth-order valence-corrected chi connectivity index (χ4v) is 1.90. The van der Waals surface area contributed by atoms with E-state index in [4.69, 9.17) is 4.42 Å². The third-order valence-electron chi connectivity index (χ3n) is 2.72. The van der Waals surface area contributed by atoms with E-state index in [0.717, 1.165) is 23.5 Å². The van der Waals surface area contributed by atoms with Crippen LogP contribution in [-0.2, 0) is 6.42 Å². The second-order valence-corrected chi connectivity index (χ2v) is 3.91. The van der Waals surface area contributed by atoms with Crippen molar-refractivity contribution < 1.29 is 4.42 Å². The lowest BCUT2D eigenvalue weighted by atomic mass is 10.1. The molecule has 0 spiro atoms. The number of hydrogen-bond donors (Lipinski definition) is 0. The van der Waals surface area contributed by atoms with Crippen LogP contribution in [0.4, 0.5) is 0 Å². The molecule has 0 atom stereocenters. The van der Waals surface area contributed by atoms with Gasteiger partial charge in [0.15, 0.2) is 0 Å². The molecule has 1 aliphatic heterocycles. The van der Waals surface area contributed by atoms with Gasteiger partial charge >= 0.3 is 0 Å². The summed E-state index contributed by atoms with van der Waals surface area (Å²) in [5.41, 5.74) is 2.44. The van der Waals surface area contributed by atoms with E-state index in [1.807, 2.05) is 18.2 Å². The van der Waals surface area contributed by atoms with E-state index >= 15 is 0 Å². The average molecular weight is 208 g/mol. The molecule has 1 heteroatoms. The highest BCUT2D eigenvalue weighted by Crippen LogP contribution is 2.24. The molecular formula is C15H12O. The quantitative estimate of drug-likeness (QED) is 0.621. The molecule has 0 fully saturated rings. The van der Waals surface area contributed by atoms with Crippen LogP contribution in [0.25, 0.3) is 11.3 Å². The zero-order valence-electron chi connectivity index (χ0n) is 8.89. The van der Waals surface area contributed by atoms with Gasteiger partial charge in [0, 0.05) is 12.0 Å². The van der Waals surface area contributed by atoms with Crippen LogP contribution in [0, 0.1) is 0 Å². The molecule has 3 rings (SSSR count). The maximum Gasteiger partial charge on any atom is 0.134 e. The van der Waals surface area contributed by atoms with Crippen LogP contribution in [0.1, 0.15) is 11.3 Å². The predicted octanol–water partition coefficient (Wildman–Crippen LogP) is 3.98. The Labute approximate surface area is 94.7 Å². The van der Waals surface area contributed by atoms with Crippen LogP contribution in [0.3, 0.4) is 0 Å². The predicted molar refractivity (Wildman–Crippen MR) is 64.6 cm³/mol. The first kappa shape index (κ1) is 9.22. The van der Waals surface area contributed by atoms with E-state index in [2.05, 4.69) is 42.5 Å². The Morgan fingerprint density at radius 1 is 0.750 bits per heavy atom. The van der Waals surface area contributed by atoms with Crippen molar-refractivity contribution in [1.29, 1.82) is 0 Å². The van der Waals surface area contributed by atoms with Crippen LogP contribution in [0.2, 0.25) is 0 Å². The molecule has 0 unspecified atom stereocenters. The Bertz CT molecular complexity index is 551. The maximum atomic E-state index is 5.81. The van der Waals surface area contributed by atoms with Gasteiger partial charge in [-0.2, -0.15) is 0 Å². The van der Waals surface area contributed by atoms with Crippen LogP contribution in [0.5, 0.6) is 0 Å². The lowest BCUT2D eigenvalue weighted by molar-refractivity contribution is 0.518. The van der Waals surface area contributed by atoms with E-state index < -0.39 is 0 Å². The molecule has 1 aliphatic carbocycles. The highest BCUT2D eigenvalue weighted by Gasteiger charge is 2.05. The fraction of sp³-hybridized carbons (Fsp3) is 0.0667. The molecule has 0 saturated heterocycles. The molecule has 78 valence electrons. The van der Waals surface area contributed by atoms with Crippen LogP contribution in [-0.4, -0.2) is 0 Å². The summed E-state index contributed by atoms with van der Waals surface area (Å²) in [6.45, 7) is 0. The number of hydrogen-bond acceptors (Lipinski definition) is 1. The Morgan fingerprint density at radius 3 is 2.50 bits per heavy atom. The molecule has 2 aliphatic rings. The van der Waals surface area contributed by atoms with Gasteiger partial charge in [-0.3, -0.25) is 0 Å². The van der Waals surface area contributed by atoms with Gasteiger partial charge < -0.3 is 4.42 Å². The van der Waals surface area contributed by atoms with E-state index in [1.54, 1.807) is 0 Å². The lowest BCUT2D eigenvalue weighted by Gasteiger charge is -2.04. The molecule has 0 aromatic heterocycles. The second kappa shape index (κ2) is 3.86. The molecule has 1 aromatic carbocycles. The Hall–Kier alpha value is -2.02. The van der Waals surface area contributed by atoms with Crippen molar-refractivity contribution in [3.63, 3.8) is 0 Å². The molecule has 0 bridgehead atoms. The summed E-state index contributed by atoms with van der Waals surface area (Å²) in [7, 11) is 0. The minimum atomic E-state index is 0.849. The smallest absolute Gasteiger partial charge is 0.134 e. The van der Waals surface area contributed by atoms with Crippen molar-refractivity contribution >= 4 is 0 Å². The van der Waals surface area contributed by atoms with Gasteiger partial charge in [0.1, 0.15) is 11.5 Å². The molecule has 0 amide bonds. The van der Waals surface area contributed by atoms with Gasteiger partial charge in [-0.1, -0.05) is 42.5 Å². The Morgan fingerprint density at radius 2 is 1.62 bits per heavy atom. The van der Waals surface area contributed by atoms with Gasteiger partial charge in [-0.05, 0) is 23.8 Å². The summed E-state index contributed by atoms with van der Waals surface area (Å²) in [6.07, 6.45) is 0.849. The molecule has 0 N–H and O–H groups in total. The lowest BCUT2D eigenvalue weighted by Crippen LogP contribution is -1.88. The summed E-state index contributed by atoms with van der Waals surface area (Å²) >= 11 is 0. The van der Waals surface area contributed by atoms with Gasteiger partial charge in [0.2, 0.25) is 0 Å². The van der Waals surface area contributed by atoms with E-state index in [0.29, 0.717) is 0 Å². The molecule has 16 heavy (non-hydrogen) atoms. The normalized spacial score (nSPS) is 10.8. The van der Waals surface area contributed by atoms with E-state index in [9.17, 15) is 0 Å². The molecular weight excluding hydrogens is 196 g/mol. The van der Waals surface area contributed by atoms with Crippen LogP contribution >= 0.6 is 0 Å². The third kappa shape index (κ3) is 1.72. The molecule has 1 nitrogen and oxygen atoms in total. The Kier molecular flexibility index (Phi) is 2.22. The average Bonchev–Trinajstić information content (AvgIpc) is 2.77. The molecule has 1 heterocycles. The minimum Gasteiger partial charge on any atom is -0.461 e. The maximum absolute atomic E-state index is 5.81. The van der Waals surface area contributed by atoms with Gasteiger partial charge in [-0.25, -0.2) is 0 Å². The summed E-state index contributed by atoms with van der Waals surface area (Å²) in [5, 5.41) is 0.